The molecule has 206 valence electrons. The number of alkyl halides is 8. The van der Waals surface area contributed by atoms with Crippen LogP contribution < -0.4 is 5.32 Å². The maximum Gasteiger partial charge on any atom is 0.423 e. The van der Waals surface area contributed by atoms with E-state index in [1.807, 2.05) is 6.92 Å². The van der Waals surface area contributed by atoms with Gasteiger partial charge in [0.2, 0.25) is 0 Å². The van der Waals surface area contributed by atoms with Crippen molar-refractivity contribution in [1.29, 1.82) is 0 Å². The van der Waals surface area contributed by atoms with Crippen molar-refractivity contribution in [1.82, 2.24) is 5.32 Å². The van der Waals surface area contributed by atoms with Gasteiger partial charge < -0.3 is 23.7 Å². The third-order valence-electron chi connectivity index (χ3n) is 4.24. The molecule has 0 atom stereocenters. The first-order chi connectivity index (χ1) is 15.1. The van der Waals surface area contributed by atoms with Gasteiger partial charge >= 0.3 is 24.2 Å². The second-order valence-corrected chi connectivity index (χ2v) is 8.74. The molecule has 0 bridgehead atoms. The van der Waals surface area contributed by atoms with Gasteiger partial charge in [-0.05, 0) is 48.0 Å². The van der Waals surface area contributed by atoms with Gasteiger partial charge in [-0.2, -0.15) is 35.1 Å². The summed E-state index contributed by atoms with van der Waals surface area (Å²) in [6, 6.07) is 0. The molecule has 34 heavy (non-hydrogen) atoms. The molecule has 0 amide bonds. The molecule has 0 fully saturated rings. The maximum atomic E-state index is 14.6. The number of hydrogen-bond donors (Lipinski definition) is 1. The molecule has 0 aromatic carbocycles. The molecule has 0 rings (SSSR count). The monoisotopic (exact) mass is 521 g/mol. The number of nitrogens with one attached hydrogen (secondary N) is 1. The standard InChI is InChI=1S/C20H35F8NO5/c1-8-10-30-11-9-29-13-31-12-17(21,22)33-15(4,5)18(23,24)20(27,28)34-16(6,7)19(25,26)32-14(2)3/h14,29H,8-13H2,1-7H3. The molecule has 0 heterocycles. The van der Waals surface area contributed by atoms with Crippen molar-refractivity contribution in [3.05, 3.63) is 0 Å². The van der Waals surface area contributed by atoms with E-state index in [1.165, 1.54) is 0 Å². The smallest absolute Gasteiger partial charge is 0.380 e. The minimum Gasteiger partial charge on any atom is -0.380 e. The highest BCUT2D eigenvalue weighted by molar-refractivity contribution is 4.97. The van der Waals surface area contributed by atoms with Gasteiger partial charge in [-0.1, -0.05) is 6.92 Å². The predicted octanol–water partition coefficient (Wildman–Crippen LogP) is 5.41. The fraction of sp³-hybridized carbons (Fsp3) is 1.00. The second-order valence-electron chi connectivity index (χ2n) is 8.74. The summed E-state index contributed by atoms with van der Waals surface area (Å²) in [7, 11) is 0. The highest BCUT2D eigenvalue weighted by Gasteiger charge is 2.72. The molecule has 6 nitrogen and oxygen atoms in total. The van der Waals surface area contributed by atoms with Crippen LogP contribution in [0.4, 0.5) is 35.1 Å². The van der Waals surface area contributed by atoms with Crippen molar-refractivity contribution in [2.75, 3.05) is 33.1 Å². The second kappa shape index (κ2) is 12.4. The molecular weight excluding hydrogens is 486 g/mol. The molecule has 0 aliphatic carbocycles. The fourth-order valence-corrected chi connectivity index (χ4v) is 2.40. The minimum atomic E-state index is -5.65. The van der Waals surface area contributed by atoms with Crippen LogP contribution in [0.2, 0.25) is 0 Å². The summed E-state index contributed by atoms with van der Waals surface area (Å²) in [5.74, 6) is -5.48. The highest BCUT2D eigenvalue weighted by atomic mass is 19.3. The Hall–Kier alpha value is -0.800. The Morgan fingerprint density at radius 1 is 0.735 bits per heavy atom. The van der Waals surface area contributed by atoms with Gasteiger partial charge in [0.1, 0.15) is 12.2 Å². The molecule has 0 aliphatic heterocycles. The van der Waals surface area contributed by atoms with Gasteiger partial charge in [-0.25, -0.2) is 0 Å². The summed E-state index contributed by atoms with van der Waals surface area (Å²) in [5.41, 5.74) is -6.84. The number of hydrogen-bond acceptors (Lipinski definition) is 6. The molecule has 14 heteroatoms. The van der Waals surface area contributed by atoms with Crippen molar-refractivity contribution in [2.24, 2.45) is 0 Å². The van der Waals surface area contributed by atoms with Gasteiger partial charge in [0, 0.05) is 13.2 Å². The average molecular weight is 521 g/mol. The van der Waals surface area contributed by atoms with E-state index in [0.29, 0.717) is 20.5 Å². The first-order valence-corrected chi connectivity index (χ1v) is 10.6. The Labute approximate surface area is 194 Å². The maximum absolute atomic E-state index is 14.6. The van der Waals surface area contributed by atoms with Gasteiger partial charge in [-0.15, -0.1) is 0 Å². The normalized spacial score (nSPS) is 14.8. The summed E-state index contributed by atoms with van der Waals surface area (Å²) >= 11 is 0. The lowest BCUT2D eigenvalue weighted by Gasteiger charge is -2.43. The highest BCUT2D eigenvalue weighted by Crippen LogP contribution is 2.50. The van der Waals surface area contributed by atoms with Crippen molar-refractivity contribution in [3.63, 3.8) is 0 Å². The summed E-state index contributed by atoms with van der Waals surface area (Å²) in [6.07, 6.45) is -14.9. The van der Waals surface area contributed by atoms with E-state index in [-0.39, 0.29) is 27.0 Å². The van der Waals surface area contributed by atoms with Crippen molar-refractivity contribution in [2.45, 2.75) is 96.4 Å². The largest absolute Gasteiger partial charge is 0.423 e. The van der Waals surface area contributed by atoms with Crippen LogP contribution >= 0.6 is 0 Å². The van der Waals surface area contributed by atoms with Gasteiger partial charge in [0.15, 0.2) is 5.60 Å². The molecule has 0 unspecified atom stereocenters. The molecule has 0 saturated carbocycles. The zero-order valence-electron chi connectivity index (χ0n) is 20.4. The van der Waals surface area contributed by atoms with E-state index in [0.717, 1.165) is 20.3 Å². The molecule has 1 N–H and O–H groups in total. The summed E-state index contributed by atoms with van der Waals surface area (Å²) in [4.78, 5) is 0. The van der Waals surface area contributed by atoms with Crippen molar-refractivity contribution in [3.8, 4) is 0 Å². The third-order valence-corrected chi connectivity index (χ3v) is 4.24. The van der Waals surface area contributed by atoms with Crippen LogP contribution in [0.3, 0.4) is 0 Å². The first kappa shape index (κ1) is 33.2. The third kappa shape index (κ3) is 9.69. The number of ether oxygens (including phenoxy) is 5. The zero-order valence-corrected chi connectivity index (χ0v) is 20.4. The lowest BCUT2D eigenvalue weighted by Crippen LogP contribution is -2.63. The van der Waals surface area contributed by atoms with Crippen molar-refractivity contribution >= 4 is 0 Å². The van der Waals surface area contributed by atoms with Crippen LogP contribution in [0.25, 0.3) is 0 Å². The van der Waals surface area contributed by atoms with E-state index < -0.39 is 54.9 Å². The van der Waals surface area contributed by atoms with Crippen LogP contribution in [-0.2, 0) is 23.7 Å². The minimum absolute atomic E-state index is 0.247. The molecule has 0 saturated heterocycles. The first-order valence-electron chi connectivity index (χ1n) is 10.6. The quantitative estimate of drug-likeness (QED) is 0.148. The number of rotatable bonds is 18. The van der Waals surface area contributed by atoms with E-state index in [1.54, 1.807) is 0 Å². The van der Waals surface area contributed by atoms with Crippen molar-refractivity contribution < 1.29 is 58.8 Å². The van der Waals surface area contributed by atoms with Crippen LogP contribution in [0.1, 0.15) is 54.9 Å². The molecule has 0 aliphatic rings. The van der Waals surface area contributed by atoms with Gasteiger partial charge in [0.25, 0.3) is 0 Å². The topological polar surface area (TPSA) is 58.2 Å². The molecule has 0 radical (unpaired) electrons. The molecule has 0 spiro atoms. The van der Waals surface area contributed by atoms with E-state index >= 15 is 0 Å². The predicted molar refractivity (Wildman–Crippen MR) is 106 cm³/mol. The SMILES string of the molecule is CCCOCCNCOCC(F)(F)OC(C)(C)C(F)(F)C(F)(F)OC(C)(C)C(F)(F)OC(C)C. The Morgan fingerprint density at radius 3 is 1.79 bits per heavy atom. The Bertz CT molecular complexity index is 604. The summed E-state index contributed by atoms with van der Waals surface area (Å²) in [6.45, 7) is 4.56. The van der Waals surface area contributed by atoms with Crippen LogP contribution in [-0.4, -0.2) is 74.7 Å². The van der Waals surface area contributed by atoms with Crippen LogP contribution in [0.15, 0.2) is 0 Å². The summed E-state index contributed by atoms with van der Waals surface area (Å²) in [5, 5.41) is 2.58. The Kier molecular flexibility index (Phi) is 12.1. The average Bonchev–Trinajstić information content (AvgIpc) is 2.60. The van der Waals surface area contributed by atoms with E-state index in [9.17, 15) is 35.1 Å². The number of halogens is 8. The molecular formula is C20H35F8NO5. The van der Waals surface area contributed by atoms with Gasteiger partial charge in [0.05, 0.1) is 19.4 Å². The lowest BCUT2D eigenvalue weighted by molar-refractivity contribution is -0.463. The van der Waals surface area contributed by atoms with E-state index in [4.69, 9.17) is 4.74 Å². The lowest BCUT2D eigenvalue weighted by atomic mass is 9.98. The zero-order chi connectivity index (χ0) is 27.1. The molecule has 0 aromatic rings. The van der Waals surface area contributed by atoms with Crippen LogP contribution in [0, 0.1) is 0 Å². The fourth-order valence-electron chi connectivity index (χ4n) is 2.40. The van der Waals surface area contributed by atoms with Gasteiger partial charge in [-0.3, -0.25) is 5.32 Å². The summed E-state index contributed by atoms with van der Waals surface area (Å²) < 4.78 is 136. The molecule has 0 aromatic heterocycles. The Balaban J connectivity index is 5.16. The van der Waals surface area contributed by atoms with Crippen LogP contribution in [0.5, 0.6) is 0 Å². The Morgan fingerprint density at radius 2 is 1.29 bits per heavy atom. The van der Waals surface area contributed by atoms with E-state index in [2.05, 4.69) is 24.3 Å².